The molecular weight excluding hydrogens is 242 g/mol. The highest BCUT2D eigenvalue weighted by Crippen LogP contribution is 2.10. The molecule has 5 heteroatoms. The quantitative estimate of drug-likeness (QED) is 0.497. The maximum absolute atomic E-state index is 11.4. The first kappa shape index (κ1) is 13.3. The monoisotopic (exact) mass is 253 g/mol. The molecule has 4 nitrogen and oxygen atoms in total. The number of nitrogens with one attached hydrogen (secondary N) is 1. The smallest absolute Gasteiger partial charge is 0.338 e. The lowest BCUT2D eigenvalue weighted by Gasteiger charge is -2.04. The fourth-order valence-electron chi connectivity index (χ4n) is 1.10. The van der Waals surface area contributed by atoms with E-state index in [2.05, 4.69) is 11.9 Å². The zero-order chi connectivity index (χ0) is 12.7. The zero-order valence-corrected chi connectivity index (χ0v) is 9.87. The number of carbonyl (C=O) groups excluding carboxylic acids is 2. The van der Waals surface area contributed by atoms with Gasteiger partial charge in [-0.25, -0.2) is 4.79 Å². The van der Waals surface area contributed by atoms with Gasteiger partial charge in [0.25, 0.3) is 0 Å². The van der Waals surface area contributed by atoms with Gasteiger partial charge in [0.15, 0.2) is 0 Å². The summed E-state index contributed by atoms with van der Waals surface area (Å²) in [5.74, 6) is -0.836. The van der Waals surface area contributed by atoms with Gasteiger partial charge in [0.2, 0.25) is 5.91 Å². The van der Waals surface area contributed by atoms with Crippen LogP contribution in [0.4, 0.5) is 5.69 Å². The van der Waals surface area contributed by atoms with Crippen LogP contribution in [0.15, 0.2) is 36.9 Å². The minimum Gasteiger partial charge on any atom is -0.458 e. The zero-order valence-electron chi connectivity index (χ0n) is 9.11. The van der Waals surface area contributed by atoms with E-state index in [1.54, 1.807) is 24.3 Å². The Balaban J connectivity index is 2.64. The molecule has 1 aromatic carbocycles. The van der Waals surface area contributed by atoms with E-state index in [1.165, 1.54) is 6.08 Å². The Morgan fingerprint density at radius 2 is 2.00 bits per heavy atom. The average molecular weight is 254 g/mol. The Bertz CT molecular complexity index is 414. The van der Waals surface area contributed by atoms with Crippen molar-refractivity contribution >= 4 is 29.2 Å². The Morgan fingerprint density at radius 3 is 2.53 bits per heavy atom. The molecule has 1 amide bonds. The number of alkyl halides is 1. The Morgan fingerprint density at radius 1 is 1.35 bits per heavy atom. The van der Waals surface area contributed by atoms with Gasteiger partial charge in [-0.1, -0.05) is 12.7 Å². The standard InChI is InChI=1S/C12H12ClNO3/c1-2-7-17-12(16)9-3-5-10(6-4-9)14-11(15)8-13/h2-6H,1,7-8H2,(H,14,15). The number of rotatable bonds is 5. The predicted octanol–water partition coefficient (Wildman–Crippen LogP) is 2.21. The van der Waals surface area contributed by atoms with E-state index in [-0.39, 0.29) is 18.4 Å². The van der Waals surface area contributed by atoms with Crippen LogP contribution in [0.3, 0.4) is 0 Å². The van der Waals surface area contributed by atoms with Crippen LogP contribution in [0.1, 0.15) is 10.4 Å². The molecule has 0 radical (unpaired) electrons. The lowest BCUT2D eigenvalue weighted by Crippen LogP contribution is -2.12. The molecule has 0 atom stereocenters. The lowest BCUT2D eigenvalue weighted by molar-refractivity contribution is -0.113. The van der Waals surface area contributed by atoms with Crippen LogP contribution in [-0.4, -0.2) is 24.4 Å². The molecule has 90 valence electrons. The largest absolute Gasteiger partial charge is 0.458 e. The minimum atomic E-state index is -0.430. The number of amides is 1. The fraction of sp³-hybridized carbons (Fsp3) is 0.167. The molecule has 1 rings (SSSR count). The summed E-state index contributed by atoms with van der Waals surface area (Å²) in [6.07, 6.45) is 1.49. The number of hydrogen-bond donors (Lipinski definition) is 1. The highest BCUT2D eigenvalue weighted by atomic mass is 35.5. The number of ether oxygens (including phenoxy) is 1. The van der Waals surface area contributed by atoms with Gasteiger partial charge in [0.05, 0.1) is 5.56 Å². The third-order valence-corrected chi connectivity index (χ3v) is 2.10. The second-order valence-electron chi connectivity index (χ2n) is 3.15. The number of carbonyl (C=O) groups is 2. The molecule has 0 aliphatic heterocycles. The lowest BCUT2D eigenvalue weighted by atomic mass is 10.2. The SMILES string of the molecule is C=CCOC(=O)c1ccc(NC(=O)CCl)cc1. The summed E-state index contributed by atoms with van der Waals surface area (Å²) in [4.78, 5) is 22.4. The molecule has 0 spiro atoms. The molecule has 0 aromatic heterocycles. The molecule has 0 saturated carbocycles. The summed E-state index contributed by atoms with van der Waals surface area (Å²) in [5, 5.41) is 2.56. The summed E-state index contributed by atoms with van der Waals surface area (Å²) in [5.41, 5.74) is 0.992. The van der Waals surface area contributed by atoms with Gasteiger partial charge in [-0.2, -0.15) is 0 Å². The fourth-order valence-corrected chi connectivity index (χ4v) is 1.17. The van der Waals surface area contributed by atoms with E-state index >= 15 is 0 Å². The molecule has 0 fully saturated rings. The van der Waals surface area contributed by atoms with Gasteiger partial charge in [0, 0.05) is 5.69 Å². The maximum Gasteiger partial charge on any atom is 0.338 e. The van der Waals surface area contributed by atoms with Crippen molar-refractivity contribution < 1.29 is 14.3 Å². The number of esters is 1. The van der Waals surface area contributed by atoms with Crippen molar-refractivity contribution in [3.8, 4) is 0 Å². The molecule has 0 aliphatic rings. The molecule has 1 aromatic rings. The molecule has 1 N–H and O–H groups in total. The molecule has 0 aliphatic carbocycles. The van der Waals surface area contributed by atoms with E-state index in [1.807, 2.05) is 0 Å². The van der Waals surface area contributed by atoms with Gasteiger partial charge in [-0.15, -0.1) is 11.6 Å². The molecule has 0 unspecified atom stereocenters. The van der Waals surface area contributed by atoms with Crippen molar-refractivity contribution in [3.63, 3.8) is 0 Å². The van der Waals surface area contributed by atoms with Crippen molar-refractivity contribution in [3.05, 3.63) is 42.5 Å². The van der Waals surface area contributed by atoms with E-state index in [0.717, 1.165) is 0 Å². The number of anilines is 1. The number of halogens is 1. The van der Waals surface area contributed by atoms with Gasteiger partial charge >= 0.3 is 5.97 Å². The highest BCUT2D eigenvalue weighted by molar-refractivity contribution is 6.29. The van der Waals surface area contributed by atoms with Crippen molar-refractivity contribution in [1.29, 1.82) is 0 Å². The van der Waals surface area contributed by atoms with Crippen LogP contribution in [0.5, 0.6) is 0 Å². The summed E-state index contributed by atoms with van der Waals surface area (Å²) in [6.45, 7) is 3.62. The second kappa shape index (κ2) is 6.70. The Labute approximate surface area is 104 Å². The van der Waals surface area contributed by atoms with E-state index in [0.29, 0.717) is 11.3 Å². The topological polar surface area (TPSA) is 55.4 Å². The summed E-state index contributed by atoms with van der Waals surface area (Å²) in [6, 6.07) is 6.34. The summed E-state index contributed by atoms with van der Waals surface area (Å²) >= 11 is 5.35. The average Bonchev–Trinajstić information content (AvgIpc) is 2.36. The van der Waals surface area contributed by atoms with E-state index in [9.17, 15) is 9.59 Å². The van der Waals surface area contributed by atoms with Crippen LogP contribution < -0.4 is 5.32 Å². The van der Waals surface area contributed by atoms with Crippen LogP contribution in [0.25, 0.3) is 0 Å². The normalized spacial score (nSPS) is 9.47. The number of hydrogen-bond acceptors (Lipinski definition) is 3. The van der Waals surface area contributed by atoms with E-state index < -0.39 is 5.97 Å². The first-order valence-electron chi connectivity index (χ1n) is 4.91. The maximum atomic E-state index is 11.4. The van der Waals surface area contributed by atoms with Crippen LogP contribution in [-0.2, 0) is 9.53 Å². The molecule has 0 heterocycles. The van der Waals surface area contributed by atoms with Crippen LogP contribution in [0, 0.1) is 0 Å². The minimum absolute atomic E-state index is 0.108. The Kier molecular flexibility index (Phi) is 5.23. The Hall–Kier alpha value is -1.81. The molecule has 0 bridgehead atoms. The van der Waals surface area contributed by atoms with Crippen LogP contribution >= 0.6 is 11.6 Å². The van der Waals surface area contributed by atoms with Crippen LogP contribution in [0.2, 0.25) is 0 Å². The van der Waals surface area contributed by atoms with Gasteiger partial charge in [-0.05, 0) is 24.3 Å². The first-order chi connectivity index (χ1) is 8.17. The summed E-state index contributed by atoms with van der Waals surface area (Å²) < 4.78 is 4.85. The second-order valence-corrected chi connectivity index (χ2v) is 3.41. The highest BCUT2D eigenvalue weighted by Gasteiger charge is 2.06. The van der Waals surface area contributed by atoms with Gasteiger partial charge in [0.1, 0.15) is 12.5 Å². The third kappa shape index (κ3) is 4.28. The molecular formula is C12H12ClNO3. The number of benzene rings is 1. The van der Waals surface area contributed by atoms with Crippen molar-refractivity contribution in [1.82, 2.24) is 0 Å². The van der Waals surface area contributed by atoms with Gasteiger partial charge in [-0.3, -0.25) is 4.79 Å². The van der Waals surface area contributed by atoms with Crippen molar-refractivity contribution in [2.75, 3.05) is 17.8 Å². The van der Waals surface area contributed by atoms with Gasteiger partial charge < -0.3 is 10.1 Å². The van der Waals surface area contributed by atoms with Crippen molar-refractivity contribution in [2.24, 2.45) is 0 Å². The molecule has 0 saturated heterocycles. The molecule has 17 heavy (non-hydrogen) atoms. The van der Waals surface area contributed by atoms with E-state index in [4.69, 9.17) is 16.3 Å². The third-order valence-electron chi connectivity index (χ3n) is 1.86. The summed E-state index contributed by atoms with van der Waals surface area (Å²) in [7, 11) is 0. The first-order valence-corrected chi connectivity index (χ1v) is 5.44. The van der Waals surface area contributed by atoms with Crippen molar-refractivity contribution in [2.45, 2.75) is 0 Å². The predicted molar refractivity (Wildman–Crippen MR) is 66.3 cm³/mol.